The molecule has 1 amide bonds. The van der Waals surface area contributed by atoms with Gasteiger partial charge in [-0.1, -0.05) is 18.2 Å². The van der Waals surface area contributed by atoms with Gasteiger partial charge in [-0.15, -0.1) is 0 Å². The van der Waals surface area contributed by atoms with E-state index in [0.717, 1.165) is 46.9 Å². The number of piperazine rings is 1. The van der Waals surface area contributed by atoms with Gasteiger partial charge in [-0.2, -0.15) is 0 Å². The number of aromatic nitrogens is 2. The fourth-order valence-corrected chi connectivity index (χ4v) is 4.18. The molecular weight excluding hydrogens is 416 g/mol. The normalized spacial score (nSPS) is 14.6. The topological polar surface area (TPSA) is 63.7 Å². The van der Waals surface area contributed by atoms with E-state index in [1.165, 1.54) is 0 Å². The molecule has 33 heavy (non-hydrogen) atoms. The van der Waals surface area contributed by atoms with E-state index in [1.54, 1.807) is 17.4 Å². The van der Waals surface area contributed by atoms with Crippen LogP contribution in [-0.2, 0) is 4.74 Å². The van der Waals surface area contributed by atoms with E-state index < -0.39 is 5.60 Å². The van der Waals surface area contributed by atoms with E-state index >= 15 is 0 Å². The number of carbonyl (C=O) groups is 1. The van der Waals surface area contributed by atoms with Gasteiger partial charge in [-0.3, -0.25) is 4.57 Å². The molecule has 1 aliphatic rings. The van der Waals surface area contributed by atoms with Crippen LogP contribution in [-0.4, -0.2) is 52.3 Å². The summed E-state index contributed by atoms with van der Waals surface area (Å²) in [6.07, 6.45) is 3.14. The van der Waals surface area contributed by atoms with Crippen LogP contribution in [0.1, 0.15) is 20.8 Å². The maximum absolute atomic E-state index is 12.4. The lowest BCUT2D eigenvalue weighted by Crippen LogP contribution is -2.50. The summed E-state index contributed by atoms with van der Waals surface area (Å²) in [6.45, 7) is 8.45. The molecule has 0 radical (unpaired) electrons. The lowest BCUT2D eigenvalue weighted by atomic mass is 10.2. The number of hydrogen-bond donors (Lipinski definition) is 0. The van der Waals surface area contributed by atoms with E-state index in [4.69, 9.17) is 14.1 Å². The molecular formula is C26H28N4O3. The SMILES string of the molecule is CC(C)(C)OC(=O)N1CCN(c2cccc(-n3c(-c4ccoc4)nc4ccccc43)c2)CC1. The van der Waals surface area contributed by atoms with Crippen molar-refractivity contribution in [2.45, 2.75) is 26.4 Å². The average molecular weight is 445 g/mol. The van der Waals surface area contributed by atoms with Crippen molar-refractivity contribution in [3.8, 4) is 17.1 Å². The van der Waals surface area contributed by atoms with E-state index in [0.29, 0.717) is 13.1 Å². The van der Waals surface area contributed by atoms with Gasteiger partial charge in [-0.25, -0.2) is 9.78 Å². The van der Waals surface area contributed by atoms with Gasteiger partial charge in [0.1, 0.15) is 17.7 Å². The van der Waals surface area contributed by atoms with Crippen molar-refractivity contribution in [1.82, 2.24) is 14.5 Å². The molecule has 0 atom stereocenters. The Morgan fingerprint density at radius 1 is 0.970 bits per heavy atom. The zero-order valence-corrected chi connectivity index (χ0v) is 19.2. The monoisotopic (exact) mass is 444 g/mol. The first-order chi connectivity index (χ1) is 15.9. The second-order valence-corrected chi connectivity index (χ2v) is 9.25. The number of fused-ring (bicyclic) bond motifs is 1. The summed E-state index contributed by atoms with van der Waals surface area (Å²) in [5, 5.41) is 0. The molecule has 2 aromatic carbocycles. The molecule has 7 nitrogen and oxygen atoms in total. The molecule has 0 spiro atoms. The largest absolute Gasteiger partial charge is 0.472 e. The fraction of sp³-hybridized carbons (Fsp3) is 0.308. The highest BCUT2D eigenvalue weighted by molar-refractivity contribution is 5.83. The number of para-hydroxylation sites is 2. The summed E-state index contributed by atoms with van der Waals surface area (Å²) in [5.41, 5.74) is 4.58. The van der Waals surface area contributed by atoms with Crippen LogP contribution in [0.2, 0.25) is 0 Å². The molecule has 4 aromatic rings. The maximum atomic E-state index is 12.4. The Morgan fingerprint density at radius 2 is 1.73 bits per heavy atom. The Balaban J connectivity index is 1.42. The molecule has 1 aliphatic heterocycles. The van der Waals surface area contributed by atoms with E-state index in [2.05, 4.69) is 39.8 Å². The van der Waals surface area contributed by atoms with Gasteiger partial charge in [0.05, 0.1) is 22.9 Å². The lowest BCUT2D eigenvalue weighted by molar-refractivity contribution is 0.0240. The van der Waals surface area contributed by atoms with Crippen molar-refractivity contribution >= 4 is 22.8 Å². The third-order valence-electron chi connectivity index (χ3n) is 5.72. The molecule has 0 aliphatic carbocycles. The number of anilines is 1. The van der Waals surface area contributed by atoms with Crippen LogP contribution in [0.5, 0.6) is 0 Å². The van der Waals surface area contributed by atoms with Crippen LogP contribution >= 0.6 is 0 Å². The summed E-state index contributed by atoms with van der Waals surface area (Å²) in [4.78, 5) is 21.4. The number of amides is 1. The number of benzene rings is 2. The molecule has 0 unspecified atom stereocenters. The predicted octanol–water partition coefficient (Wildman–Crippen LogP) is 5.34. The Kier molecular flexibility index (Phi) is 5.32. The molecule has 0 saturated carbocycles. The van der Waals surface area contributed by atoms with Gasteiger partial charge in [0.15, 0.2) is 0 Å². The highest BCUT2D eigenvalue weighted by atomic mass is 16.6. The molecule has 1 fully saturated rings. The number of imidazole rings is 1. The van der Waals surface area contributed by atoms with Crippen LogP contribution in [0, 0.1) is 0 Å². The summed E-state index contributed by atoms with van der Waals surface area (Å²) in [5.74, 6) is 0.844. The lowest BCUT2D eigenvalue weighted by Gasteiger charge is -2.36. The highest BCUT2D eigenvalue weighted by Crippen LogP contribution is 2.30. The molecule has 5 rings (SSSR count). The number of ether oxygens (including phenoxy) is 1. The van der Waals surface area contributed by atoms with Crippen LogP contribution in [0.3, 0.4) is 0 Å². The predicted molar refractivity (Wildman–Crippen MR) is 129 cm³/mol. The van der Waals surface area contributed by atoms with Gasteiger partial charge in [-0.05, 0) is 57.2 Å². The van der Waals surface area contributed by atoms with Crippen molar-refractivity contribution in [1.29, 1.82) is 0 Å². The van der Waals surface area contributed by atoms with Crippen LogP contribution in [0.15, 0.2) is 71.5 Å². The molecule has 7 heteroatoms. The number of hydrogen-bond acceptors (Lipinski definition) is 5. The number of nitrogens with zero attached hydrogens (tertiary/aromatic N) is 4. The van der Waals surface area contributed by atoms with Gasteiger partial charge in [0, 0.05) is 37.6 Å². The summed E-state index contributed by atoms with van der Waals surface area (Å²) in [6, 6.07) is 18.5. The van der Waals surface area contributed by atoms with Crippen LogP contribution in [0.4, 0.5) is 10.5 Å². The second kappa shape index (κ2) is 8.31. The summed E-state index contributed by atoms with van der Waals surface area (Å²) < 4.78 is 13.0. The first-order valence-electron chi connectivity index (χ1n) is 11.2. The number of furan rings is 1. The van der Waals surface area contributed by atoms with Gasteiger partial charge < -0.3 is 19.0 Å². The maximum Gasteiger partial charge on any atom is 0.410 e. The Bertz CT molecular complexity index is 1260. The third-order valence-corrected chi connectivity index (χ3v) is 5.72. The Labute approximate surface area is 193 Å². The van der Waals surface area contributed by atoms with Gasteiger partial charge >= 0.3 is 6.09 Å². The minimum absolute atomic E-state index is 0.245. The molecule has 2 aromatic heterocycles. The summed E-state index contributed by atoms with van der Waals surface area (Å²) >= 11 is 0. The van der Waals surface area contributed by atoms with Crippen LogP contribution in [0.25, 0.3) is 28.1 Å². The first-order valence-corrected chi connectivity index (χ1v) is 11.2. The second-order valence-electron chi connectivity index (χ2n) is 9.25. The van der Waals surface area contributed by atoms with Gasteiger partial charge in [0.2, 0.25) is 0 Å². The molecule has 170 valence electrons. The number of rotatable bonds is 3. The van der Waals surface area contributed by atoms with Crippen molar-refractivity contribution in [3.63, 3.8) is 0 Å². The van der Waals surface area contributed by atoms with Crippen molar-refractivity contribution < 1.29 is 13.9 Å². The van der Waals surface area contributed by atoms with Gasteiger partial charge in [0.25, 0.3) is 0 Å². The molecule has 1 saturated heterocycles. The molecule has 0 N–H and O–H groups in total. The molecule has 3 heterocycles. The smallest absolute Gasteiger partial charge is 0.410 e. The third kappa shape index (κ3) is 4.31. The summed E-state index contributed by atoms with van der Waals surface area (Å²) in [7, 11) is 0. The van der Waals surface area contributed by atoms with E-state index in [1.807, 2.05) is 45.0 Å². The highest BCUT2D eigenvalue weighted by Gasteiger charge is 2.26. The Hall–Kier alpha value is -3.74. The van der Waals surface area contributed by atoms with Crippen molar-refractivity contribution in [3.05, 3.63) is 67.1 Å². The van der Waals surface area contributed by atoms with E-state index in [9.17, 15) is 4.79 Å². The number of carbonyl (C=O) groups excluding carboxylic acids is 1. The zero-order valence-electron chi connectivity index (χ0n) is 19.2. The standard InChI is InChI=1S/C26H28N4O3/c1-26(2,3)33-25(31)29-14-12-28(13-15-29)20-7-6-8-21(17-20)30-23-10-5-4-9-22(23)27-24(30)19-11-16-32-18-19/h4-11,16-18H,12-15H2,1-3H3. The van der Waals surface area contributed by atoms with E-state index in [-0.39, 0.29) is 6.09 Å². The average Bonchev–Trinajstić information content (AvgIpc) is 3.46. The zero-order chi connectivity index (χ0) is 23.0. The quantitative estimate of drug-likeness (QED) is 0.427. The van der Waals surface area contributed by atoms with Crippen molar-refractivity contribution in [2.24, 2.45) is 0 Å². The first kappa shape index (κ1) is 21.1. The minimum atomic E-state index is -0.483. The van der Waals surface area contributed by atoms with Crippen molar-refractivity contribution in [2.75, 3.05) is 31.1 Å². The van der Waals surface area contributed by atoms with Crippen LogP contribution < -0.4 is 4.90 Å². The minimum Gasteiger partial charge on any atom is -0.472 e. The molecule has 0 bridgehead atoms. The fourth-order valence-electron chi connectivity index (χ4n) is 4.18. The Morgan fingerprint density at radius 3 is 2.45 bits per heavy atom.